The summed E-state index contributed by atoms with van der Waals surface area (Å²) in [4.78, 5) is 24.6. The number of esters is 1. The monoisotopic (exact) mass is 460 g/mol. The molecule has 172 valence electrons. The number of rotatable bonds is 8. The Labute approximate surface area is 188 Å². The zero-order chi connectivity index (χ0) is 23.1. The van der Waals surface area contributed by atoms with E-state index in [1.165, 1.54) is 16.4 Å². The lowest BCUT2D eigenvalue weighted by Crippen LogP contribution is -2.36. The molecule has 2 aromatic carbocycles. The van der Waals surface area contributed by atoms with Gasteiger partial charge in [0.25, 0.3) is 5.91 Å². The molecule has 2 aromatic rings. The molecule has 0 spiro atoms. The Morgan fingerprint density at radius 2 is 1.81 bits per heavy atom. The van der Waals surface area contributed by atoms with Gasteiger partial charge >= 0.3 is 5.97 Å². The van der Waals surface area contributed by atoms with Crippen LogP contribution in [0.5, 0.6) is 5.75 Å². The summed E-state index contributed by atoms with van der Waals surface area (Å²) in [6.07, 6.45) is 2.66. The normalized spacial score (nSPS) is 14.6. The average Bonchev–Trinajstić information content (AvgIpc) is 2.82. The topological polar surface area (TPSA) is 102 Å². The first-order valence-corrected chi connectivity index (χ1v) is 11.9. The second-order valence-electron chi connectivity index (χ2n) is 7.65. The standard InChI is InChI=1S/C23H28N2O6S/c1-17-9-10-19(14-21(17)32(28,29)25-11-4-3-5-12-25)23(27)31-16-22(26)24-15-18-7-6-8-20(13-18)30-2/h6-10,13-14H,3-5,11-12,15-16H2,1-2H3,(H,24,26). The molecule has 1 amide bonds. The SMILES string of the molecule is COc1cccc(CNC(=O)COC(=O)c2ccc(C)c(S(=O)(=O)N3CCCCC3)c2)c1. The summed E-state index contributed by atoms with van der Waals surface area (Å²) in [7, 11) is -2.13. The number of methoxy groups -OCH3 is 1. The maximum Gasteiger partial charge on any atom is 0.338 e. The Morgan fingerprint density at radius 1 is 1.06 bits per heavy atom. The van der Waals surface area contributed by atoms with E-state index in [-0.39, 0.29) is 17.0 Å². The number of hydrogen-bond acceptors (Lipinski definition) is 6. The van der Waals surface area contributed by atoms with E-state index in [2.05, 4.69) is 5.32 Å². The van der Waals surface area contributed by atoms with Crippen molar-refractivity contribution in [2.24, 2.45) is 0 Å². The number of benzene rings is 2. The Kier molecular flexibility index (Phi) is 7.87. The van der Waals surface area contributed by atoms with E-state index in [4.69, 9.17) is 9.47 Å². The summed E-state index contributed by atoms with van der Waals surface area (Å²) in [6, 6.07) is 11.7. The maximum atomic E-state index is 13.0. The minimum Gasteiger partial charge on any atom is -0.497 e. The van der Waals surface area contributed by atoms with Gasteiger partial charge in [-0.1, -0.05) is 24.6 Å². The van der Waals surface area contributed by atoms with Crippen LogP contribution in [0.15, 0.2) is 47.4 Å². The molecule has 1 aliphatic rings. The first-order valence-electron chi connectivity index (χ1n) is 10.5. The third kappa shape index (κ3) is 5.86. The zero-order valence-corrected chi connectivity index (χ0v) is 19.1. The molecule has 3 rings (SSSR count). The number of carbonyl (C=O) groups excluding carboxylic acids is 2. The largest absolute Gasteiger partial charge is 0.497 e. The fourth-order valence-electron chi connectivity index (χ4n) is 3.50. The van der Waals surface area contributed by atoms with Gasteiger partial charge in [-0.25, -0.2) is 13.2 Å². The van der Waals surface area contributed by atoms with Crippen LogP contribution in [-0.2, 0) is 26.1 Å². The van der Waals surface area contributed by atoms with Crippen molar-refractivity contribution in [2.75, 3.05) is 26.8 Å². The molecule has 0 atom stereocenters. The van der Waals surface area contributed by atoms with Crippen LogP contribution in [0.2, 0.25) is 0 Å². The number of ether oxygens (including phenoxy) is 2. The molecule has 1 saturated heterocycles. The lowest BCUT2D eigenvalue weighted by atomic mass is 10.1. The van der Waals surface area contributed by atoms with Crippen LogP contribution < -0.4 is 10.1 Å². The second kappa shape index (κ2) is 10.6. The van der Waals surface area contributed by atoms with Gasteiger partial charge in [-0.15, -0.1) is 0 Å². The van der Waals surface area contributed by atoms with E-state index >= 15 is 0 Å². The minimum atomic E-state index is -3.69. The van der Waals surface area contributed by atoms with Crippen molar-refractivity contribution in [3.8, 4) is 5.75 Å². The lowest BCUT2D eigenvalue weighted by Gasteiger charge is -2.26. The Hall–Kier alpha value is -2.91. The van der Waals surface area contributed by atoms with E-state index in [1.54, 1.807) is 32.2 Å². The number of hydrogen-bond donors (Lipinski definition) is 1. The predicted molar refractivity (Wildman–Crippen MR) is 119 cm³/mol. The summed E-state index contributed by atoms with van der Waals surface area (Å²) >= 11 is 0. The summed E-state index contributed by atoms with van der Waals surface area (Å²) in [5.74, 6) is -0.538. The highest BCUT2D eigenvalue weighted by atomic mass is 32.2. The van der Waals surface area contributed by atoms with E-state index < -0.39 is 28.5 Å². The number of aryl methyl sites for hydroxylation is 1. The zero-order valence-electron chi connectivity index (χ0n) is 18.3. The Morgan fingerprint density at radius 3 is 2.53 bits per heavy atom. The van der Waals surface area contributed by atoms with Crippen molar-refractivity contribution in [3.05, 3.63) is 59.2 Å². The molecule has 1 fully saturated rings. The molecule has 1 heterocycles. The fourth-order valence-corrected chi connectivity index (χ4v) is 5.27. The molecular formula is C23H28N2O6S. The number of carbonyl (C=O) groups is 2. The van der Waals surface area contributed by atoms with E-state index in [0.717, 1.165) is 24.8 Å². The second-order valence-corrected chi connectivity index (χ2v) is 9.56. The number of nitrogens with zero attached hydrogens (tertiary/aromatic N) is 1. The van der Waals surface area contributed by atoms with Crippen molar-refractivity contribution < 1.29 is 27.5 Å². The van der Waals surface area contributed by atoms with Crippen LogP contribution in [-0.4, -0.2) is 51.4 Å². The quantitative estimate of drug-likeness (QED) is 0.608. The molecule has 32 heavy (non-hydrogen) atoms. The van der Waals surface area contributed by atoms with Gasteiger partial charge in [0, 0.05) is 19.6 Å². The molecule has 0 bridgehead atoms. The average molecular weight is 461 g/mol. The highest BCUT2D eigenvalue weighted by Gasteiger charge is 2.28. The van der Waals surface area contributed by atoms with Gasteiger partial charge < -0.3 is 14.8 Å². The minimum absolute atomic E-state index is 0.0896. The number of sulfonamides is 1. The van der Waals surface area contributed by atoms with Crippen molar-refractivity contribution in [2.45, 2.75) is 37.6 Å². The van der Waals surface area contributed by atoms with Gasteiger partial charge in [0.05, 0.1) is 17.6 Å². The molecule has 1 N–H and O–H groups in total. The molecule has 8 nitrogen and oxygen atoms in total. The summed E-state index contributed by atoms with van der Waals surface area (Å²) in [6.45, 7) is 2.44. The van der Waals surface area contributed by atoms with Crippen LogP contribution in [0.4, 0.5) is 0 Å². The van der Waals surface area contributed by atoms with Gasteiger partial charge in [0.15, 0.2) is 6.61 Å². The highest BCUT2D eigenvalue weighted by molar-refractivity contribution is 7.89. The summed E-state index contributed by atoms with van der Waals surface area (Å²) in [5, 5.41) is 2.67. The van der Waals surface area contributed by atoms with Crippen molar-refractivity contribution in [3.63, 3.8) is 0 Å². The molecule has 0 saturated carbocycles. The van der Waals surface area contributed by atoms with Gasteiger partial charge in [0.2, 0.25) is 10.0 Å². The highest BCUT2D eigenvalue weighted by Crippen LogP contribution is 2.24. The van der Waals surface area contributed by atoms with Gasteiger partial charge in [-0.05, 0) is 55.2 Å². The van der Waals surface area contributed by atoms with Gasteiger partial charge in [0.1, 0.15) is 5.75 Å². The van der Waals surface area contributed by atoms with Gasteiger partial charge in [-0.2, -0.15) is 4.31 Å². The maximum absolute atomic E-state index is 13.0. The van der Waals surface area contributed by atoms with E-state index in [9.17, 15) is 18.0 Å². The molecular weight excluding hydrogens is 432 g/mol. The first-order chi connectivity index (χ1) is 15.3. The van der Waals surface area contributed by atoms with Crippen LogP contribution in [0.3, 0.4) is 0 Å². The molecule has 1 aliphatic heterocycles. The molecule has 0 radical (unpaired) electrons. The van der Waals surface area contributed by atoms with E-state index in [1.807, 2.05) is 12.1 Å². The molecule has 0 unspecified atom stereocenters. The molecule has 9 heteroatoms. The van der Waals surface area contributed by atoms with Crippen molar-refractivity contribution in [1.29, 1.82) is 0 Å². The van der Waals surface area contributed by atoms with Gasteiger partial charge in [-0.3, -0.25) is 4.79 Å². The number of nitrogens with one attached hydrogen (secondary N) is 1. The van der Waals surface area contributed by atoms with E-state index in [0.29, 0.717) is 24.4 Å². The number of amides is 1. The first kappa shape index (κ1) is 23.7. The third-order valence-electron chi connectivity index (χ3n) is 5.31. The van der Waals surface area contributed by atoms with Crippen LogP contribution in [0, 0.1) is 6.92 Å². The van der Waals surface area contributed by atoms with Crippen molar-refractivity contribution in [1.82, 2.24) is 9.62 Å². The van der Waals surface area contributed by atoms with Crippen LogP contribution >= 0.6 is 0 Å². The lowest BCUT2D eigenvalue weighted by molar-refractivity contribution is -0.124. The van der Waals surface area contributed by atoms with Crippen LogP contribution in [0.1, 0.15) is 40.7 Å². The Bertz CT molecular complexity index is 1080. The summed E-state index contributed by atoms with van der Waals surface area (Å²) in [5.41, 5.74) is 1.49. The smallest absolute Gasteiger partial charge is 0.338 e. The predicted octanol–water partition coefficient (Wildman–Crippen LogP) is 2.65. The fraction of sp³-hybridized carbons (Fsp3) is 0.391. The van der Waals surface area contributed by atoms with Crippen LogP contribution in [0.25, 0.3) is 0 Å². The third-order valence-corrected chi connectivity index (χ3v) is 7.36. The van der Waals surface area contributed by atoms with Crippen molar-refractivity contribution >= 4 is 21.9 Å². The molecule has 0 aliphatic carbocycles. The number of piperidine rings is 1. The Balaban J connectivity index is 1.60. The molecule has 0 aromatic heterocycles. The summed E-state index contributed by atoms with van der Waals surface area (Å²) < 4.78 is 37.7.